The van der Waals surface area contributed by atoms with Crippen LogP contribution >= 0.6 is 0 Å². The molecule has 84 valence electrons. The van der Waals surface area contributed by atoms with Crippen LogP contribution in [0.2, 0.25) is 0 Å². The third kappa shape index (κ3) is 1.54. The van der Waals surface area contributed by atoms with Crippen LogP contribution in [0.5, 0.6) is 0 Å². The van der Waals surface area contributed by atoms with Crippen molar-refractivity contribution < 1.29 is 0 Å². The van der Waals surface area contributed by atoms with Crippen LogP contribution in [0.3, 0.4) is 0 Å². The second-order valence-corrected chi connectivity index (χ2v) is 3.72. The molecule has 2 rings (SSSR count). The summed E-state index contributed by atoms with van der Waals surface area (Å²) in [4.78, 5) is 11.7. The molecule has 0 aliphatic heterocycles. The number of hydrogen-bond donors (Lipinski definition) is 0. The molecule has 0 bridgehead atoms. The summed E-state index contributed by atoms with van der Waals surface area (Å²) in [6.45, 7) is 4.09. The second-order valence-electron chi connectivity index (χ2n) is 3.72. The van der Waals surface area contributed by atoms with Crippen LogP contribution in [-0.4, -0.2) is 19.8 Å². The summed E-state index contributed by atoms with van der Waals surface area (Å²) in [6, 6.07) is 5.84. The number of hydrogen-bond acceptors (Lipinski definition) is 3. The first-order valence-electron chi connectivity index (χ1n) is 5.23. The Hall–Kier alpha value is -1.91. The van der Waals surface area contributed by atoms with E-state index in [9.17, 15) is 4.79 Å². The number of rotatable bonds is 2. The monoisotopic (exact) mass is 218 g/mol. The van der Waals surface area contributed by atoms with Crippen LogP contribution in [0.4, 0.5) is 0 Å². The fraction of sp³-hybridized carbons (Fsp3) is 0.364. The first kappa shape index (κ1) is 10.6. The number of nitrogens with zero attached hydrogens (tertiary/aromatic N) is 4. The normalized spacial score (nSPS) is 10.7. The lowest BCUT2D eigenvalue weighted by Crippen LogP contribution is -2.22. The minimum atomic E-state index is -0.222. The molecule has 0 saturated heterocycles. The van der Waals surface area contributed by atoms with E-state index in [4.69, 9.17) is 0 Å². The molecule has 5 nitrogen and oxygen atoms in total. The maximum atomic E-state index is 11.7. The summed E-state index contributed by atoms with van der Waals surface area (Å²) in [7, 11) is 1.59. The Morgan fingerprint density at radius 3 is 2.62 bits per heavy atom. The van der Waals surface area contributed by atoms with E-state index >= 15 is 0 Å². The Morgan fingerprint density at radius 2 is 2.06 bits per heavy atom. The van der Waals surface area contributed by atoms with E-state index in [2.05, 4.69) is 17.4 Å². The van der Waals surface area contributed by atoms with E-state index in [0.717, 1.165) is 23.2 Å². The predicted octanol–water partition coefficient (Wildman–Crippen LogP) is 0.837. The van der Waals surface area contributed by atoms with Gasteiger partial charge in [0.15, 0.2) is 0 Å². The van der Waals surface area contributed by atoms with E-state index in [1.165, 1.54) is 9.36 Å². The molecule has 1 heterocycles. The van der Waals surface area contributed by atoms with Gasteiger partial charge in [-0.1, -0.05) is 19.1 Å². The van der Waals surface area contributed by atoms with Gasteiger partial charge in [-0.05, 0) is 41.0 Å². The topological polar surface area (TPSA) is 52.7 Å². The van der Waals surface area contributed by atoms with Crippen LogP contribution in [0.25, 0.3) is 5.69 Å². The van der Waals surface area contributed by atoms with Gasteiger partial charge in [0.25, 0.3) is 0 Å². The first-order chi connectivity index (χ1) is 7.65. The highest BCUT2D eigenvalue weighted by Gasteiger charge is 2.10. The average molecular weight is 218 g/mol. The van der Waals surface area contributed by atoms with Gasteiger partial charge >= 0.3 is 5.69 Å². The molecule has 0 unspecified atom stereocenters. The number of tetrazole rings is 1. The molecule has 5 heteroatoms. The van der Waals surface area contributed by atoms with Gasteiger partial charge in [0.05, 0.1) is 5.69 Å². The van der Waals surface area contributed by atoms with E-state index in [1.54, 1.807) is 7.05 Å². The van der Waals surface area contributed by atoms with Crippen LogP contribution in [-0.2, 0) is 13.5 Å². The summed E-state index contributed by atoms with van der Waals surface area (Å²) >= 11 is 0. The molecule has 0 N–H and O–H groups in total. The van der Waals surface area contributed by atoms with Gasteiger partial charge in [-0.2, -0.15) is 9.36 Å². The molecular formula is C11H14N4O. The summed E-state index contributed by atoms with van der Waals surface area (Å²) in [5, 5.41) is 7.57. The van der Waals surface area contributed by atoms with Crippen molar-refractivity contribution in [1.29, 1.82) is 0 Å². The minimum Gasteiger partial charge on any atom is -0.244 e. The molecule has 0 radical (unpaired) electrons. The average Bonchev–Trinajstić information content (AvgIpc) is 2.59. The van der Waals surface area contributed by atoms with Crippen molar-refractivity contribution in [3.05, 3.63) is 39.8 Å². The molecule has 0 spiro atoms. The molecule has 1 aromatic carbocycles. The summed E-state index contributed by atoms with van der Waals surface area (Å²) in [5.41, 5.74) is 2.89. The van der Waals surface area contributed by atoms with Gasteiger partial charge in [-0.25, -0.2) is 4.79 Å². The minimum absolute atomic E-state index is 0.222. The van der Waals surface area contributed by atoms with E-state index in [0.29, 0.717) is 0 Å². The SMILES string of the molecule is CCc1c(C)cccc1-n1nnn(C)c1=O. The Morgan fingerprint density at radius 1 is 1.31 bits per heavy atom. The van der Waals surface area contributed by atoms with Gasteiger partial charge in [-0.15, -0.1) is 0 Å². The zero-order valence-corrected chi connectivity index (χ0v) is 9.64. The number of aromatic nitrogens is 4. The summed E-state index contributed by atoms with van der Waals surface area (Å²) in [5.74, 6) is 0. The van der Waals surface area contributed by atoms with Crippen LogP contribution in [0.1, 0.15) is 18.1 Å². The molecule has 0 fully saturated rings. The highest BCUT2D eigenvalue weighted by molar-refractivity contribution is 5.44. The predicted molar refractivity (Wildman–Crippen MR) is 60.7 cm³/mol. The van der Waals surface area contributed by atoms with Crippen molar-refractivity contribution in [2.75, 3.05) is 0 Å². The van der Waals surface area contributed by atoms with Gasteiger partial charge < -0.3 is 0 Å². The Kier molecular flexibility index (Phi) is 2.60. The molecule has 0 atom stereocenters. The van der Waals surface area contributed by atoms with Crippen molar-refractivity contribution in [1.82, 2.24) is 19.8 Å². The van der Waals surface area contributed by atoms with Crippen molar-refractivity contribution in [2.24, 2.45) is 7.05 Å². The highest BCUT2D eigenvalue weighted by atomic mass is 16.2. The third-order valence-electron chi connectivity index (χ3n) is 2.69. The van der Waals surface area contributed by atoms with Crippen LogP contribution in [0.15, 0.2) is 23.0 Å². The van der Waals surface area contributed by atoms with Gasteiger partial charge in [0.2, 0.25) is 0 Å². The molecule has 0 aliphatic carbocycles. The molecule has 0 saturated carbocycles. The van der Waals surface area contributed by atoms with E-state index in [1.807, 2.05) is 25.1 Å². The maximum absolute atomic E-state index is 11.7. The molecule has 16 heavy (non-hydrogen) atoms. The van der Waals surface area contributed by atoms with Crippen molar-refractivity contribution in [3.63, 3.8) is 0 Å². The molecule has 2 aromatic rings. The van der Waals surface area contributed by atoms with Crippen molar-refractivity contribution in [3.8, 4) is 5.69 Å². The zero-order valence-electron chi connectivity index (χ0n) is 9.64. The highest BCUT2D eigenvalue weighted by Crippen LogP contribution is 2.16. The van der Waals surface area contributed by atoms with Gasteiger partial charge in [-0.3, -0.25) is 0 Å². The smallest absolute Gasteiger partial charge is 0.244 e. The fourth-order valence-corrected chi connectivity index (χ4v) is 1.81. The Labute approximate surface area is 93.3 Å². The van der Waals surface area contributed by atoms with Crippen molar-refractivity contribution >= 4 is 0 Å². The third-order valence-corrected chi connectivity index (χ3v) is 2.69. The van der Waals surface area contributed by atoms with Crippen LogP contribution in [0, 0.1) is 6.92 Å². The lowest BCUT2D eigenvalue weighted by atomic mass is 10.0. The van der Waals surface area contributed by atoms with Crippen molar-refractivity contribution in [2.45, 2.75) is 20.3 Å². The van der Waals surface area contributed by atoms with E-state index < -0.39 is 0 Å². The van der Waals surface area contributed by atoms with Gasteiger partial charge in [0, 0.05) is 7.05 Å². The van der Waals surface area contributed by atoms with Crippen LogP contribution < -0.4 is 5.69 Å². The summed E-state index contributed by atoms with van der Waals surface area (Å²) < 4.78 is 2.56. The van der Waals surface area contributed by atoms with Gasteiger partial charge in [0.1, 0.15) is 0 Å². The molecule has 0 amide bonds. The summed E-state index contributed by atoms with van der Waals surface area (Å²) in [6.07, 6.45) is 0.866. The second kappa shape index (κ2) is 3.92. The molecular weight excluding hydrogens is 204 g/mol. The number of aryl methyl sites for hydroxylation is 2. The Balaban J connectivity index is 2.69. The molecule has 1 aromatic heterocycles. The zero-order chi connectivity index (χ0) is 11.7. The van der Waals surface area contributed by atoms with E-state index in [-0.39, 0.29) is 5.69 Å². The lowest BCUT2D eigenvalue weighted by molar-refractivity contribution is 0.692. The standard InChI is InChI=1S/C11H14N4O/c1-4-9-8(2)6-5-7-10(9)15-11(16)14(3)12-13-15/h5-7H,4H2,1-3H3. The molecule has 0 aliphatic rings. The quantitative estimate of drug-likeness (QED) is 0.750. The largest absolute Gasteiger partial charge is 0.368 e. The number of benzene rings is 1. The Bertz CT molecular complexity index is 568. The maximum Gasteiger partial charge on any atom is 0.368 e. The fourth-order valence-electron chi connectivity index (χ4n) is 1.81. The first-order valence-corrected chi connectivity index (χ1v) is 5.23. The lowest BCUT2D eigenvalue weighted by Gasteiger charge is -2.08.